The van der Waals surface area contributed by atoms with Crippen LogP contribution in [0.5, 0.6) is 0 Å². The van der Waals surface area contributed by atoms with Gasteiger partial charge in [0, 0.05) is 11.3 Å². The van der Waals surface area contributed by atoms with Gasteiger partial charge in [-0.3, -0.25) is 0 Å². The Morgan fingerprint density at radius 3 is 2.76 bits per heavy atom. The van der Waals surface area contributed by atoms with Crippen molar-refractivity contribution in [3.8, 4) is 0 Å². The molecule has 0 aliphatic carbocycles. The molecule has 1 aromatic heterocycles. The Kier molecular flexibility index (Phi) is 3.94. The zero-order valence-electron chi connectivity index (χ0n) is 10.0. The SMILES string of the molecule is C=C(/C=C/c1ccccc1C)Cc1cccs1. The lowest BCUT2D eigenvalue weighted by Gasteiger charge is -2.00. The Labute approximate surface area is 107 Å². The molecule has 0 N–H and O–H groups in total. The van der Waals surface area contributed by atoms with Gasteiger partial charge in [-0.1, -0.05) is 49.1 Å². The van der Waals surface area contributed by atoms with Gasteiger partial charge < -0.3 is 0 Å². The van der Waals surface area contributed by atoms with Crippen LogP contribution in [-0.2, 0) is 6.42 Å². The van der Waals surface area contributed by atoms with E-state index < -0.39 is 0 Å². The van der Waals surface area contributed by atoms with Crippen LogP contribution >= 0.6 is 11.3 Å². The Morgan fingerprint density at radius 1 is 1.24 bits per heavy atom. The molecule has 2 rings (SSSR count). The van der Waals surface area contributed by atoms with Crippen molar-refractivity contribution in [3.05, 3.63) is 76.0 Å². The predicted molar refractivity (Wildman–Crippen MR) is 77.4 cm³/mol. The highest BCUT2D eigenvalue weighted by atomic mass is 32.1. The maximum atomic E-state index is 4.09. The molecule has 0 atom stereocenters. The van der Waals surface area contributed by atoms with Crippen LogP contribution in [0.4, 0.5) is 0 Å². The fraction of sp³-hybridized carbons (Fsp3) is 0.125. The van der Waals surface area contributed by atoms with Crippen molar-refractivity contribution in [1.82, 2.24) is 0 Å². The molecule has 0 spiro atoms. The quantitative estimate of drug-likeness (QED) is 0.669. The average Bonchev–Trinajstić information content (AvgIpc) is 2.81. The van der Waals surface area contributed by atoms with Crippen molar-refractivity contribution in [2.75, 3.05) is 0 Å². The number of hydrogen-bond donors (Lipinski definition) is 0. The van der Waals surface area contributed by atoms with Crippen molar-refractivity contribution in [2.24, 2.45) is 0 Å². The van der Waals surface area contributed by atoms with Crippen LogP contribution in [0.25, 0.3) is 6.08 Å². The van der Waals surface area contributed by atoms with Gasteiger partial charge >= 0.3 is 0 Å². The molecule has 0 amide bonds. The van der Waals surface area contributed by atoms with Crippen LogP contribution in [-0.4, -0.2) is 0 Å². The van der Waals surface area contributed by atoms with E-state index in [9.17, 15) is 0 Å². The third-order valence-electron chi connectivity index (χ3n) is 2.67. The first-order valence-electron chi connectivity index (χ1n) is 5.69. The summed E-state index contributed by atoms with van der Waals surface area (Å²) in [5, 5.41) is 2.10. The molecule has 0 nitrogen and oxygen atoms in total. The molecule has 2 aromatic rings. The first kappa shape index (κ1) is 11.9. The summed E-state index contributed by atoms with van der Waals surface area (Å²) < 4.78 is 0. The fourth-order valence-electron chi connectivity index (χ4n) is 1.68. The molecule has 0 saturated carbocycles. The first-order chi connectivity index (χ1) is 8.25. The monoisotopic (exact) mass is 240 g/mol. The highest BCUT2D eigenvalue weighted by Gasteiger charge is 1.96. The topological polar surface area (TPSA) is 0 Å². The van der Waals surface area contributed by atoms with Crippen molar-refractivity contribution in [2.45, 2.75) is 13.3 Å². The van der Waals surface area contributed by atoms with E-state index in [4.69, 9.17) is 0 Å². The van der Waals surface area contributed by atoms with Gasteiger partial charge in [0.15, 0.2) is 0 Å². The first-order valence-corrected chi connectivity index (χ1v) is 6.57. The van der Waals surface area contributed by atoms with Gasteiger partial charge in [0.25, 0.3) is 0 Å². The van der Waals surface area contributed by atoms with E-state index in [1.807, 2.05) is 0 Å². The summed E-state index contributed by atoms with van der Waals surface area (Å²) in [6.07, 6.45) is 5.20. The minimum Gasteiger partial charge on any atom is -0.149 e. The van der Waals surface area contributed by atoms with Crippen LogP contribution in [0.2, 0.25) is 0 Å². The lowest BCUT2D eigenvalue weighted by Crippen LogP contribution is -1.82. The molecular formula is C16H16S. The molecule has 0 aliphatic rings. The second-order valence-corrected chi connectivity index (χ2v) is 5.14. The lowest BCUT2D eigenvalue weighted by atomic mass is 10.1. The maximum absolute atomic E-state index is 4.09. The minimum absolute atomic E-state index is 0.944. The standard InChI is InChI=1S/C16H16S/c1-13(12-16-8-5-11-17-16)9-10-15-7-4-3-6-14(15)2/h3-11H,1,12H2,2H3/b10-9+. The summed E-state index contributed by atoms with van der Waals surface area (Å²) in [4.78, 5) is 1.37. The second kappa shape index (κ2) is 5.65. The summed E-state index contributed by atoms with van der Waals surface area (Å²) in [6.45, 7) is 6.22. The summed E-state index contributed by atoms with van der Waals surface area (Å²) in [7, 11) is 0. The number of aryl methyl sites for hydroxylation is 1. The highest BCUT2D eigenvalue weighted by molar-refractivity contribution is 7.09. The van der Waals surface area contributed by atoms with Crippen LogP contribution in [0.1, 0.15) is 16.0 Å². The van der Waals surface area contributed by atoms with Crippen LogP contribution < -0.4 is 0 Å². The fourth-order valence-corrected chi connectivity index (χ4v) is 2.44. The van der Waals surface area contributed by atoms with E-state index in [1.54, 1.807) is 11.3 Å². The lowest BCUT2D eigenvalue weighted by molar-refractivity contribution is 1.26. The average molecular weight is 240 g/mol. The van der Waals surface area contributed by atoms with Gasteiger partial charge in [-0.15, -0.1) is 11.3 Å². The molecule has 1 heteroatoms. The summed E-state index contributed by atoms with van der Waals surface area (Å²) in [6, 6.07) is 12.6. The van der Waals surface area contributed by atoms with E-state index in [-0.39, 0.29) is 0 Å². The highest BCUT2D eigenvalue weighted by Crippen LogP contribution is 2.15. The molecule has 0 radical (unpaired) electrons. The van der Waals surface area contributed by atoms with E-state index >= 15 is 0 Å². The van der Waals surface area contributed by atoms with Crippen molar-refractivity contribution >= 4 is 17.4 Å². The maximum Gasteiger partial charge on any atom is 0.00888 e. The Bertz CT molecular complexity index is 518. The zero-order valence-corrected chi connectivity index (χ0v) is 10.8. The zero-order chi connectivity index (χ0) is 12.1. The summed E-state index contributed by atoms with van der Waals surface area (Å²) in [5.41, 5.74) is 3.71. The molecule has 0 unspecified atom stereocenters. The molecule has 1 aromatic carbocycles. The molecule has 0 bridgehead atoms. The number of hydrogen-bond acceptors (Lipinski definition) is 1. The van der Waals surface area contributed by atoms with Crippen LogP contribution in [0.3, 0.4) is 0 Å². The number of allylic oxidation sites excluding steroid dienone is 2. The normalized spacial score (nSPS) is 10.9. The van der Waals surface area contributed by atoms with E-state index in [0.717, 1.165) is 12.0 Å². The molecule has 0 saturated heterocycles. The number of thiophene rings is 1. The third kappa shape index (κ3) is 3.43. The van der Waals surface area contributed by atoms with Gasteiger partial charge in [-0.2, -0.15) is 0 Å². The van der Waals surface area contributed by atoms with Gasteiger partial charge in [-0.25, -0.2) is 0 Å². The van der Waals surface area contributed by atoms with Crippen molar-refractivity contribution in [1.29, 1.82) is 0 Å². The van der Waals surface area contributed by atoms with Gasteiger partial charge in [0.05, 0.1) is 0 Å². The smallest absolute Gasteiger partial charge is 0.00888 e. The number of rotatable bonds is 4. The third-order valence-corrected chi connectivity index (χ3v) is 3.54. The Hall–Kier alpha value is -1.60. The number of benzene rings is 1. The molecule has 17 heavy (non-hydrogen) atoms. The molecule has 86 valence electrons. The summed E-state index contributed by atoms with van der Waals surface area (Å²) in [5.74, 6) is 0. The van der Waals surface area contributed by atoms with Crippen LogP contribution in [0.15, 0.2) is 60.0 Å². The van der Waals surface area contributed by atoms with Gasteiger partial charge in [-0.05, 0) is 35.1 Å². The molecule has 1 heterocycles. The van der Waals surface area contributed by atoms with Crippen LogP contribution in [0, 0.1) is 6.92 Å². The minimum atomic E-state index is 0.944. The van der Waals surface area contributed by atoms with Gasteiger partial charge in [0.2, 0.25) is 0 Å². The largest absolute Gasteiger partial charge is 0.149 e. The van der Waals surface area contributed by atoms with Crippen molar-refractivity contribution in [3.63, 3.8) is 0 Å². The molecule has 0 aliphatic heterocycles. The second-order valence-electron chi connectivity index (χ2n) is 4.10. The van der Waals surface area contributed by atoms with E-state index in [2.05, 4.69) is 67.4 Å². The molecule has 0 fully saturated rings. The predicted octanol–water partition coefficient (Wildman–Crippen LogP) is 4.87. The van der Waals surface area contributed by atoms with Gasteiger partial charge in [0.1, 0.15) is 0 Å². The Balaban J connectivity index is 2.01. The van der Waals surface area contributed by atoms with Crippen molar-refractivity contribution < 1.29 is 0 Å². The van der Waals surface area contributed by atoms with E-state index in [1.165, 1.54) is 16.0 Å². The van der Waals surface area contributed by atoms with E-state index in [0.29, 0.717) is 0 Å². The molecular weight excluding hydrogens is 224 g/mol. The Morgan fingerprint density at radius 2 is 2.06 bits per heavy atom. The summed E-state index contributed by atoms with van der Waals surface area (Å²) >= 11 is 1.78.